The molecule has 0 spiro atoms. The van der Waals surface area contributed by atoms with Gasteiger partial charge in [0.15, 0.2) is 0 Å². The summed E-state index contributed by atoms with van der Waals surface area (Å²) in [5, 5.41) is 21.0. The highest BCUT2D eigenvalue weighted by Crippen LogP contribution is 2.27. The summed E-state index contributed by atoms with van der Waals surface area (Å²) in [7, 11) is 0. The van der Waals surface area contributed by atoms with Crippen molar-refractivity contribution in [3.05, 3.63) is 33.1 Å². The van der Waals surface area contributed by atoms with Gasteiger partial charge in [-0.2, -0.15) is 0 Å². The van der Waals surface area contributed by atoms with E-state index in [1.54, 1.807) is 13.8 Å². The zero-order valence-corrected chi connectivity index (χ0v) is 12.2. The lowest BCUT2D eigenvalue weighted by Crippen LogP contribution is -2.26. The van der Waals surface area contributed by atoms with Gasteiger partial charge in [-0.3, -0.25) is 15.1 Å². The number of aryl methyl sites for hydroxylation is 2. The predicted octanol–water partition coefficient (Wildman–Crippen LogP) is 2.95. The number of aliphatic hydroxyl groups excluding tert-OH is 1. The molecule has 5 nitrogen and oxygen atoms in total. The van der Waals surface area contributed by atoms with Crippen molar-refractivity contribution in [2.24, 2.45) is 5.41 Å². The molecule has 0 bridgehead atoms. The lowest BCUT2D eigenvalue weighted by Gasteiger charge is -2.25. The van der Waals surface area contributed by atoms with Gasteiger partial charge in [-0.25, -0.2) is 0 Å². The molecular formula is C14H22N2O3. The van der Waals surface area contributed by atoms with E-state index in [2.05, 4.69) is 4.98 Å². The zero-order chi connectivity index (χ0) is 14.8. The van der Waals surface area contributed by atoms with Gasteiger partial charge in [-0.05, 0) is 32.1 Å². The smallest absolute Gasteiger partial charge is 0.278 e. The van der Waals surface area contributed by atoms with Crippen LogP contribution in [0.4, 0.5) is 5.69 Å². The van der Waals surface area contributed by atoms with Crippen LogP contribution in [0.15, 0.2) is 6.20 Å². The topological polar surface area (TPSA) is 76.3 Å². The minimum Gasteiger partial charge on any atom is -0.393 e. The summed E-state index contributed by atoms with van der Waals surface area (Å²) < 4.78 is 0. The standard InChI is InChI=1S/C14H22N2O3/c1-9-8-15-11(10(2)13(9)16(18)19)6-7-12(17)14(3,4)5/h8,12,17H,6-7H2,1-5H3. The Kier molecular flexibility index (Phi) is 4.63. The first-order valence-corrected chi connectivity index (χ1v) is 6.42. The second-order valence-corrected chi connectivity index (χ2v) is 6.04. The molecule has 0 saturated carbocycles. The molecule has 0 aromatic carbocycles. The summed E-state index contributed by atoms with van der Waals surface area (Å²) in [6.45, 7) is 9.31. The van der Waals surface area contributed by atoms with Crippen LogP contribution in [0.25, 0.3) is 0 Å². The number of nitro groups is 1. The molecule has 106 valence electrons. The van der Waals surface area contributed by atoms with E-state index in [9.17, 15) is 15.2 Å². The van der Waals surface area contributed by atoms with Gasteiger partial charge in [0.2, 0.25) is 0 Å². The van der Waals surface area contributed by atoms with Crippen molar-refractivity contribution in [1.82, 2.24) is 4.98 Å². The van der Waals surface area contributed by atoms with Gasteiger partial charge in [0, 0.05) is 17.3 Å². The Balaban J connectivity index is 2.92. The fourth-order valence-electron chi connectivity index (χ4n) is 2.00. The maximum Gasteiger partial charge on any atom is 0.278 e. The van der Waals surface area contributed by atoms with Crippen molar-refractivity contribution in [2.45, 2.75) is 53.6 Å². The maximum atomic E-state index is 11.0. The number of aromatic nitrogens is 1. The van der Waals surface area contributed by atoms with E-state index in [1.165, 1.54) is 6.20 Å². The maximum absolute atomic E-state index is 11.0. The Bertz CT molecular complexity index is 478. The van der Waals surface area contributed by atoms with Crippen LogP contribution < -0.4 is 0 Å². The van der Waals surface area contributed by atoms with Gasteiger partial charge in [-0.1, -0.05) is 20.8 Å². The number of hydrogen-bond acceptors (Lipinski definition) is 4. The van der Waals surface area contributed by atoms with Crippen LogP contribution in [0, 0.1) is 29.4 Å². The Morgan fingerprint density at radius 1 is 1.42 bits per heavy atom. The van der Waals surface area contributed by atoms with Gasteiger partial charge in [0.1, 0.15) is 0 Å². The van der Waals surface area contributed by atoms with E-state index in [1.807, 2.05) is 20.8 Å². The van der Waals surface area contributed by atoms with E-state index in [-0.39, 0.29) is 16.0 Å². The van der Waals surface area contributed by atoms with Crippen LogP contribution in [-0.4, -0.2) is 21.1 Å². The van der Waals surface area contributed by atoms with Gasteiger partial charge in [-0.15, -0.1) is 0 Å². The van der Waals surface area contributed by atoms with Gasteiger partial charge < -0.3 is 5.11 Å². The van der Waals surface area contributed by atoms with Crippen LogP contribution in [0.2, 0.25) is 0 Å². The third kappa shape index (κ3) is 3.73. The molecule has 0 aliphatic rings. The molecule has 19 heavy (non-hydrogen) atoms. The van der Waals surface area contributed by atoms with Crippen molar-refractivity contribution in [1.29, 1.82) is 0 Å². The normalized spacial score (nSPS) is 13.4. The minimum atomic E-state index is -0.450. The lowest BCUT2D eigenvalue weighted by molar-refractivity contribution is -0.386. The molecule has 0 saturated heterocycles. The van der Waals surface area contributed by atoms with Crippen molar-refractivity contribution in [3.8, 4) is 0 Å². The number of aliphatic hydroxyl groups is 1. The second kappa shape index (κ2) is 5.65. The van der Waals surface area contributed by atoms with Crippen LogP contribution >= 0.6 is 0 Å². The first kappa shape index (κ1) is 15.6. The second-order valence-electron chi connectivity index (χ2n) is 6.04. The third-order valence-corrected chi connectivity index (χ3v) is 3.41. The average molecular weight is 266 g/mol. The number of nitrogens with zero attached hydrogens (tertiary/aromatic N) is 2. The lowest BCUT2D eigenvalue weighted by atomic mass is 9.86. The Hall–Kier alpha value is -1.49. The molecule has 0 radical (unpaired) electrons. The van der Waals surface area contributed by atoms with Gasteiger partial charge in [0.25, 0.3) is 5.69 Å². The van der Waals surface area contributed by atoms with Crippen LogP contribution in [0.5, 0.6) is 0 Å². The van der Waals surface area contributed by atoms with Gasteiger partial charge in [0.05, 0.1) is 16.7 Å². The largest absolute Gasteiger partial charge is 0.393 e. The van der Waals surface area contributed by atoms with Crippen molar-refractivity contribution < 1.29 is 10.0 Å². The Morgan fingerprint density at radius 3 is 2.47 bits per heavy atom. The highest BCUT2D eigenvalue weighted by atomic mass is 16.6. The molecule has 1 unspecified atom stereocenters. The first-order chi connectivity index (χ1) is 8.64. The molecule has 1 aromatic rings. The van der Waals surface area contributed by atoms with Crippen LogP contribution in [0.1, 0.15) is 44.0 Å². The fraction of sp³-hybridized carbons (Fsp3) is 0.643. The summed E-state index contributed by atoms with van der Waals surface area (Å²) in [6, 6.07) is 0. The molecule has 1 atom stereocenters. The van der Waals surface area contributed by atoms with Crippen LogP contribution in [0.3, 0.4) is 0 Å². The van der Waals surface area contributed by atoms with Crippen molar-refractivity contribution in [2.75, 3.05) is 0 Å². The zero-order valence-electron chi connectivity index (χ0n) is 12.2. The molecular weight excluding hydrogens is 244 g/mol. The summed E-state index contributed by atoms with van der Waals surface area (Å²) in [4.78, 5) is 14.9. The average Bonchev–Trinajstić information content (AvgIpc) is 2.25. The molecule has 5 heteroatoms. The molecule has 0 fully saturated rings. The first-order valence-electron chi connectivity index (χ1n) is 6.42. The summed E-state index contributed by atoms with van der Waals surface area (Å²) in [6.07, 6.45) is 2.18. The highest BCUT2D eigenvalue weighted by molar-refractivity contribution is 5.47. The van der Waals surface area contributed by atoms with Crippen molar-refractivity contribution in [3.63, 3.8) is 0 Å². The SMILES string of the molecule is Cc1cnc(CCC(O)C(C)(C)C)c(C)c1[N+](=O)[O-]. The summed E-state index contributed by atoms with van der Waals surface area (Å²) in [5.41, 5.74) is 1.81. The quantitative estimate of drug-likeness (QED) is 0.671. The molecule has 0 aliphatic carbocycles. The number of pyridine rings is 1. The monoisotopic (exact) mass is 266 g/mol. The van der Waals surface area contributed by atoms with E-state index < -0.39 is 6.10 Å². The van der Waals surface area contributed by atoms with E-state index in [0.29, 0.717) is 29.7 Å². The van der Waals surface area contributed by atoms with Gasteiger partial charge >= 0.3 is 0 Å². The number of hydrogen-bond donors (Lipinski definition) is 1. The van der Waals surface area contributed by atoms with E-state index >= 15 is 0 Å². The van der Waals surface area contributed by atoms with E-state index in [0.717, 1.165) is 0 Å². The minimum absolute atomic E-state index is 0.134. The fourth-order valence-corrected chi connectivity index (χ4v) is 2.00. The molecule has 1 heterocycles. The molecule has 0 aliphatic heterocycles. The molecule has 1 aromatic heterocycles. The Labute approximate surface area is 113 Å². The Morgan fingerprint density at radius 2 is 2.00 bits per heavy atom. The predicted molar refractivity (Wildman–Crippen MR) is 74.1 cm³/mol. The molecule has 1 N–H and O–H groups in total. The number of rotatable bonds is 4. The third-order valence-electron chi connectivity index (χ3n) is 3.41. The van der Waals surface area contributed by atoms with Crippen molar-refractivity contribution >= 4 is 5.69 Å². The molecule has 0 amide bonds. The van der Waals surface area contributed by atoms with E-state index in [4.69, 9.17) is 0 Å². The summed E-state index contributed by atoms with van der Waals surface area (Å²) >= 11 is 0. The van der Waals surface area contributed by atoms with Crippen LogP contribution in [-0.2, 0) is 6.42 Å². The highest BCUT2D eigenvalue weighted by Gasteiger charge is 2.24. The summed E-state index contributed by atoms with van der Waals surface area (Å²) in [5.74, 6) is 0. The molecule has 1 rings (SSSR count).